The number of rotatable bonds is 10. The second kappa shape index (κ2) is 12.3. The van der Waals surface area contributed by atoms with Gasteiger partial charge in [-0.2, -0.15) is 0 Å². The van der Waals surface area contributed by atoms with Crippen LogP contribution in [0, 0.1) is 0 Å². The molecule has 8 heteroatoms. The van der Waals surface area contributed by atoms with Crippen LogP contribution in [0.2, 0.25) is 0 Å². The van der Waals surface area contributed by atoms with Crippen molar-refractivity contribution >= 4 is 34.8 Å². The highest BCUT2D eigenvalue weighted by Gasteiger charge is 2.33. The van der Waals surface area contributed by atoms with Gasteiger partial charge in [-0.25, -0.2) is 0 Å². The summed E-state index contributed by atoms with van der Waals surface area (Å²) in [4.78, 5) is 29.2. The predicted octanol–water partition coefficient (Wildman–Crippen LogP) is 5.30. The van der Waals surface area contributed by atoms with Crippen LogP contribution in [-0.2, 0) is 16.1 Å². The molecule has 1 aliphatic carbocycles. The van der Waals surface area contributed by atoms with Crippen molar-refractivity contribution < 1.29 is 19.1 Å². The lowest BCUT2D eigenvalue weighted by Gasteiger charge is -2.33. The van der Waals surface area contributed by atoms with E-state index in [1.54, 1.807) is 35.5 Å². The summed E-state index contributed by atoms with van der Waals surface area (Å²) in [5.41, 5.74) is 0.659. The van der Waals surface area contributed by atoms with Crippen LogP contribution < -0.4 is 14.8 Å². The normalized spacial score (nSPS) is 15.2. The molecule has 1 atom stereocenters. The third kappa shape index (κ3) is 6.87. The average molecular weight is 493 g/mol. The van der Waals surface area contributed by atoms with Crippen molar-refractivity contribution in [1.82, 2.24) is 10.2 Å². The number of halogens is 1. The summed E-state index contributed by atoms with van der Waals surface area (Å²) < 4.78 is 11.4. The first-order valence-electron chi connectivity index (χ1n) is 11.5. The molecule has 6 nitrogen and oxygen atoms in total. The van der Waals surface area contributed by atoms with Crippen LogP contribution >= 0.6 is 22.9 Å². The SMILES string of the molecule is COc1cc([C@@H](C(=O)NC2CCCCC2)N(Cc2cccs2)C(=O)CCl)ccc1OC(C)C. The largest absolute Gasteiger partial charge is 0.493 e. The Morgan fingerprint density at radius 3 is 2.55 bits per heavy atom. The maximum atomic E-state index is 13.6. The highest BCUT2D eigenvalue weighted by molar-refractivity contribution is 7.09. The molecule has 180 valence electrons. The molecular formula is C25H33ClN2O4S. The van der Waals surface area contributed by atoms with Gasteiger partial charge in [-0.05, 0) is 55.8 Å². The molecule has 1 aromatic carbocycles. The Morgan fingerprint density at radius 2 is 1.94 bits per heavy atom. The van der Waals surface area contributed by atoms with Crippen LogP contribution in [0.25, 0.3) is 0 Å². The lowest BCUT2D eigenvalue weighted by atomic mass is 9.94. The number of benzene rings is 1. The zero-order chi connectivity index (χ0) is 23.8. The zero-order valence-electron chi connectivity index (χ0n) is 19.5. The fraction of sp³-hybridized carbons (Fsp3) is 0.520. The summed E-state index contributed by atoms with van der Waals surface area (Å²) in [5, 5.41) is 5.15. The number of ether oxygens (including phenoxy) is 2. The van der Waals surface area contributed by atoms with Gasteiger partial charge in [0, 0.05) is 10.9 Å². The van der Waals surface area contributed by atoms with E-state index in [-0.39, 0.29) is 29.8 Å². The summed E-state index contributed by atoms with van der Waals surface area (Å²) in [6.45, 7) is 4.18. The number of methoxy groups -OCH3 is 1. The van der Waals surface area contributed by atoms with Crippen LogP contribution in [0.3, 0.4) is 0 Å². The van der Waals surface area contributed by atoms with E-state index in [2.05, 4.69) is 5.32 Å². The lowest BCUT2D eigenvalue weighted by molar-refractivity contribution is -0.140. The molecule has 2 aromatic rings. The minimum atomic E-state index is -0.831. The first-order valence-corrected chi connectivity index (χ1v) is 12.9. The fourth-order valence-electron chi connectivity index (χ4n) is 4.18. The van der Waals surface area contributed by atoms with Gasteiger partial charge in [-0.15, -0.1) is 22.9 Å². The van der Waals surface area contributed by atoms with Crippen LogP contribution in [0.15, 0.2) is 35.7 Å². The smallest absolute Gasteiger partial charge is 0.247 e. The standard InChI is InChI=1S/C25H33ClN2O4S/c1-17(2)32-21-12-11-18(14-22(21)31-3)24(25(30)27-19-8-5-4-6-9-19)28(23(29)15-26)16-20-10-7-13-33-20/h7,10-14,17,19,24H,4-6,8-9,15-16H2,1-3H3,(H,27,30)/t24-/m0/s1. The van der Waals surface area contributed by atoms with E-state index in [0.29, 0.717) is 23.6 Å². The molecule has 1 aromatic heterocycles. The molecule has 0 bridgehead atoms. The monoisotopic (exact) mass is 492 g/mol. The Hall–Kier alpha value is -2.25. The molecule has 1 saturated carbocycles. The molecular weight excluding hydrogens is 460 g/mol. The van der Waals surface area contributed by atoms with E-state index in [1.807, 2.05) is 37.4 Å². The number of amides is 2. The summed E-state index contributed by atoms with van der Waals surface area (Å²) in [5.74, 6) is 0.415. The number of thiophene rings is 1. The van der Waals surface area contributed by atoms with Crippen molar-refractivity contribution in [3.8, 4) is 11.5 Å². The van der Waals surface area contributed by atoms with Crippen molar-refractivity contribution in [3.05, 3.63) is 46.2 Å². The molecule has 0 aliphatic heterocycles. The predicted molar refractivity (Wildman–Crippen MR) is 132 cm³/mol. The van der Waals surface area contributed by atoms with Crippen molar-refractivity contribution in [2.45, 2.75) is 70.7 Å². The number of hydrogen-bond donors (Lipinski definition) is 1. The first kappa shape index (κ1) is 25.4. The van der Waals surface area contributed by atoms with Crippen LogP contribution in [0.4, 0.5) is 0 Å². The second-order valence-electron chi connectivity index (χ2n) is 8.56. The van der Waals surface area contributed by atoms with E-state index < -0.39 is 6.04 Å². The number of hydrogen-bond acceptors (Lipinski definition) is 5. The third-order valence-corrected chi connectivity index (χ3v) is 6.81. The van der Waals surface area contributed by atoms with Gasteiger partial charge in [0.1, 0.15) is 11.9 Å². The van der Waals surface area contributed by atoms with Gasteiger partial charge in [0.2, 0.25) is 11.8 Å². The fourth-order valence-corrected chi connectivity index (χ4v) is 5.03. The Balaban J connectivity index is 1.99. The molecule has 3 rings (SSSR count). The third-order valence-electron chi connectivity index (χ3n) is 5.72. The van der Waals surface area contributed by atoms with Gasteiger partial charge >= 0.3 is 0 Å². The van der Waals surface area contributed by atoms with E-state index in [9.17, 15) is 9.59 Å². The Kier molecular flexibility index (Phi) is 9.44. The first-order chi connectivity index (χ1) is 15.9. The highest BCUT2D eigenvalue weighted by atomic mass is 35.5. The Bertz CT molecular complexity index is 913. The maximum absolute atomic E-state index is 13.6. The van der Waals surface area contributed by atoms with Crippen molar-refractivity contribution in [2.24, 2.45) is 0 Å². The van der Waals surface area contributed by atoms with Gasteiger partial charge in [0.15, 0.2) is 11.5 Å². The van der Waals surface area contributed by atoms with Gasteiger partial charge in [0.25, 0.3) is 0 Å². The average Bonchev–Trinajstić information content (AvgIpc) is 3.32. The number of nitrogens with zero attached hydrogens (tertiary/aromatic N) is 1. The molecule has 2 amide bonds. The van der Waals surface area contributed by atoms with Gasteiger partial charge in [-0.1, -0.05) is 31.4 Å². The van der Waals surface area contributed by atoms with Gasteiger partial charge in [-0.3, -0.25) is 9.59 Å². The summed E-state index contributed by atoms with van der Waals surface area (Å²) >= 11 is 7.53. The molecule has 0 unspecified atom stereocenters. The van der Waals surface area contributed by atoms with E-state index in [0.717, 1.165) is 30.6 Å². The summed E-state index contributed by atoms with van der Waals surface area (Å²) in [6, 6.07) is 8.58. The minimum Gasteiger partial charge on any atom is -0.493 e. The van der Waals surface area contributed by atoms with E-state index >= 15 is 0 Å². The van der Waals surface area contributed by atoms with Crippen molar-refractivity contribution in [1.29, 1.82) is 0 Å². The molecule has 1 aliphatic rings. The lowest BCUT2D eigenvalue weighted by Crippen LogP contribution is -2.47. The number of nitrogens with one attached hydrogen (secondary N) is 1. The van der Waals surface area contributed by atoms with Crippen LogP contribution in [-0.4, -0.2) is 41.8 Å². The van der Waals surface area contributed by atoms with E-state index in [4.69, 9.17) is 21.1 Å². The Morgan fingerprint density at radius 1 is 1.18 bits per heavy atom. The minimum absolute atomic E-state index is 0.0247. The van der Waals surface area contributed by atoms with Gasteiger partial charge in [0.05, 0.1) is 19.8 Å². The molecule has 0 saturated heterocycles. The number of carbonyl (C=O) groups excluding carboxylic acids is 2. The number of alkyl halides is 1. The highest BCUT2D eigenvalue weighted by Crippen LogP contribution is 2.34. The molecule has 1 N–H and O–H groups in total. The molecule has 0 spiro atoms. The quantitative estimate of drug-likeness (QED) is 0.457. The summed E-state index contributed by atoms with van der Waals surface area (Å²) in [7, 11) is 1.57. The summed E-state index contributed by atoms with van der Waals surface area (Å²) in [6.07, 6.45) is 5.28. The second-order valence-corrected chi connectivity index (χ2v) is 9.86. The maximum Gasteiger partial charge on any atom is 0.247 e. The molecule has 0 radical (unpaired) electrons. The molecule has 33 heavy (non-hydrogen) atoms. The number of carbonyl (C=O) groups is 2. The van der Waals surface area contributed by atoms with E-state index in [1.165, 1.54) is 6.42 Å². The molecule has 1 fully saturated rings. The van der Waals surface area contributed by atoms with Gasteiger partial charge < -0.3 is 19.7 Å². The van der Waals surface area contributed by atoms with Crippen LogP contribution in [0.5, 0.6) is 11.5 Å². The topological polar surface area (TPSA) is 67.9 Å². The Labute approximate surface area is 205 Å². The van der Waals surface area contributed by atoms with Crippen molar-refractivity contribution in [2.75, 3.05) is 13.0 Å². The zero-order valence-corrected chi connectivity index (χ0v) is 21.1. The van der Waals surface area contributed by atoms with Crippen molar-refractivity contribution in [3.63, 3.8) is 0 Å². The van der Waals surface area contributed by atoms with Crippen LogP contribution in [0.1, 0.15) is 62.4 Å². The molecule has 1 heterocycles.